The van der Waals surface area contributed by atoms with Gasteiger partial charge in [-0.3, -0.25) is 0 Å². The van der Waals surface area contributed by atoms with Crippen LogP contribution in [0.15, 0.2) is 18.2 Å². The molecule has 4 heteroatoms. The fourth-order valence-corrected chi connectivity index (χ4v) is 3.56. The highest BCUT2D eigenvalue weighted by Gasteiger charge is 2.15. The predicted molar refractivity (Wildman–Crippen MR) is 71.5 cm³/mol. The van der Waals surface area contributed by atoms with E-state index >= 15 is 0 Å². The van der Waals surface area contributed by atoms with Gasteiger partial charge >= 0.3 is 5.97 Å². The molecule has 0 heterocycles. The van der Waals surface area contributed by atoms with E-state index in [0.29, 0.717) is 16.6 Å². The largest absolute Gasteiger partial charge is 0.478 e. The van der Waals surface area contributed by atoms with E-state index in [0.717, 1.165) is 0 Å². The molecule has 0 spiro atoms. The normalized spacial score (nSPS) is 16.7. The topological polar surface area (TPSA) is 37.3 Å². The molecular weight excluding hydrogens is 251 g/mol. The molecule has 1 N–H and O–H groups in total. The molecule has 0 saturated heterocycles. The summed E-state index contributed by atoms with van der Waals surface area (Å²) in [5.74, 6) is -0.736. The van der Waals surface area contributed by atoms with E-state index in [-0.39, 0.29) is 11.4 Å². The number of hydrogen-bond acceptors (Lipinski definition) is 2. The molecule has 1 aromatic rings. The minimum atomic E-state index is -1.00. The smallest absolute Gasteiger partial charge is 0.335 e. The molecule has 1 aromatic carbocycles. The molecule has 1 fully saturated rings. The fourth-order valence-electron chi connectivity index (χ4n) is 2.26. The molecule has 0 unspecified atom stereocenters. The zero-order valence-electron chi connectivity index (χ0n) is 10.2. The molecule has 98 valence electrons. The molecule has 0 atom stereocenters. The summed E-state index contributed by atoms with van der Waals surface area (Å²) in [5.41, 5.74) is 0.668. The number of rotatable bonds is 4. The molecule has 0 radical (unpaired) electrons. The van der Waals surface area contributed by atoms with Crippen molar-refractivity contribution in [3.63, 3.8) is 0 Å². The van der Waals surface area contributed by atoms with Crippen molar-refractivity contribution in [3.8, 4) is 0 Å². The first kappa shape index (κ1) is 13.4. The zero-order valence-corrected chi connectivity index (χ0v) is 11.0. The molecule has 2 rings (SSSR count). The van der Waals surface area contributed by atoms with Gasteiger partial charge in [-0.15, -0.1) is 0 Å². The van der Waals surface area contributed by atoms with Gasteiger partial charge in [0, 0.05) is 11.0 Å². The van der Waals surface area contributed by atoms with Gasteiger partial charge in [0.1, 0.15) is 5.82 Å². The highest BCUT2D eigenvalue weighted by atomic mass is 32.2. The van der Waals surface area contributed by atoms with Crippen molar-refractivity contribution in [1.29, 1.82) is 0 Å². The summed E-state index contributed by atoms with van der Waals surface area (Å²) in [6.45, 7) is 0. The molecule has 18 heavy (non-hydrogen) atoms. The van der Waals surface area contributed by atoms with Crippen LogP contribution in [-0.2, 0) is 5.75 Å². The van der Waals surface area contributed by atoms with Crippen molar-refractivity contribution in [2.45, 2.75) is 43.1 Å². The van der Waals surface area contributed by atoms with E-state index in [2.05, 4.69) is 0 Å². The molecule has 0 aliphatic heterocycles. The van der Waals surface area contributed by atoms with Gasteiger partial charge < -0.3 is 5.11 Å². The predicted octanol–water partition coefficient (Wildman–Crippen LogP) is 4.09. The number of carboxylic acids is 1. The van der Waals surface area contributed by atoms with Crippen LogP contribution in [-0.4, -0.2) is 16.3 Å². The first-order valence-corrected chi connectivity index (χ1v) is 7.35. The van der Waals surface area contributed by atoms with Crippen molar-refractivity contribution in [2.24, 2.45) is 0 Å². The van der Waals surface area contributed by atoms with Gasteiger partial charge in [-0.1, -0.05) is 19.3 Å². The van der Waals surface area contributed by atoms with Gasteiger partial charge in [0.05, 0.1) is 5.56 Å². The van der Waals surface area contributed by atoms with Gasteiger partial charge in [0.15, 0.2) is 0 Å². The maximum Gasteiger partial charge on any atom is 0.335 e. The Morgan fingerprint density at radius 2 is 2.06 bits per heavy atom. The van der Waals surface area contributed by atoms with E-state index in [1.807, 2.05) is 0 Å². The molecule has 0 aromatic heterocycles. The lowest BCUT2D eigenvalue weighted by Gasteiger charge is -2.21. The lowest BCUT2D eigenvalue weighted by atomic mass is 10.0. The Morgan fingerprint density at radius 1 is 1.33 bits per heavy atom. The van der Waals surface area contributed by atoms with Crippen LogP contribution in [0.25, 0.3) is 0 Å². The molecule has 1 saturated carbocycles. The van der Waals surface area contributed by atoms with E-state index in [4.69, 9.17) is 5.11 Å². The fraction of sp³-hybridized carbons (Fsp3) is 0.500. The lowest BCUT2D eigenvalue weighted by molar-refractivity contribution is 0.0696. The molecule has 1 aliphatic rings. The quantitative estimate of drug-likeness (QED) is 0.893. The maximum absolute atomic E-state index is 13.6. The SMILES string of the molecule is O=C(O)c1ccc(F)c(CSC2CCCCC2)c1. The van der Waals surface area contributed by atoms with Crippen LogP contribution in [0.5, 0.6) is 0 Å². The molecule has 2 nitrogen and oxygen atoms in total. The number of halogens is 1. The Kier molecular flexibility index (Phi) is 4.64. The zero-order chi connectivity index (χ0) is 13.0. The molecule has 0 amide bonds. The van der Waals surface area contributed by atoms with Gasteiger partial charge in [-0.25, -0.2) is 9.18 Å². The van der Waals surface area contributed by atoms with Crippen LogP contribution in [0.1, 0.15) is 48.0 Å². The van der Waals surface area contributed by atoms with Crippen molar-refractivity contribution in [2.75, 3.05) is 0 Å². The van der Waals surface area contributed by atoms with Crippen LogP contribution in [0, 0.1) is 5.82 Å². The first-order valence-electron chi connectivity index (χ1n) is 6.30. The Balaban J connectivity index is 1.99. The number of hydrogen-bond donors (Lipinski definition) is 1. The summed E-state index contributed by atoms with van der Waals surface area (Å²) < 4.78 is 13.6. The van der Waals surface area contributed by atoms with E-state index in [1.54, 1.807) is 11.8 Å². The number of carbonyl (C=O) groups is 1. The minimum Gasteiger partial charge on any atom is -0.478 e. The highest BCUT2D eigenvalue weighted by molar-refractivity contribution is 7.99. The van der Waals surface area contributed by atoms with Crippen molar-refractivity contribution >= 4 is 17.7 Å². The van der Waals surface area contributed by atoms with Crippen LogP contribution >= 0.6 is 11.8 Å². The average Bonchev–Trinajstić information content (AvgIpc) is 2.38. The van der Waals surface area contributed by atoms with Crippen LogP contribution < -0.4 is 0 Å². The minimum absolute atomic E-state index is 0.163. The highest BCUT2D eigenvalue weighted by Crippen LogP contribution is 2.31. The van der Waals surface area contributed by atoms with Gasteiger partial charge in [-0.05, 0) is 36.6 Å². The summed E-state index contributed by atoms with van der Waals surface area (Å²) in [6.07, 6.45) is 6.22. The summed E-state index contributed by atoms with van der Waals surface area (Å²) in [6, 6.07) is 4.01. The lowest BCUT2D eigenvalue weighted by Crippen LogP contribution is -2.08. The molecular formula is C14H17FO2S. The third kappa shape index (κ3) is 3.48. The number of carboxylic acid groups (broad SMARTS) is 1. The van der Waals surface area contributed by atoms with Crippen molar-refractivity contribution in [3.05, 3.63) is 35.1 Å². The average molecular weight is 268 g/mol. The molecule has 0 bridgehead atoms. The number of aromatic carboxylic acids is 1. The van der Waals surface area contributed by atoms with Gasteiger partial charge in [0.2, 0.25) is 0 Å². The second-order valence-electron chi connectivity index (χ2n) is 4.68. The Bertz CT molecular complexity index is 428. The summed E-state index contributed by atoms with van der Waals surface area (Å²) in [5, 5.41) is 9.49. The van der Waals surface area contributed by atoms with Gasteiger partial charge in [0.25, 0.3) is 0 Å². The number of thioether (sulfide) groups is 1. The Morgan fingerprint density at radius 3 is 2.72 bits per heavy atom. The van der Waals surface area contributed by atoms with E-state index in [9.17, 15) is 9.18 Å². The van der Waals surface area contributed by atoms with Gasteiger partial charge in [-0.2, -0.15) is 11.8 Å². The summed E-state index contributed by atoms with van der Waals surface area (Å²) >= 11 is 1.75. The second-order valence-corrected chi connectivity index (χ2v) is 5.97. The Labute approximate surface area is 111 Å². The van der Waals surface area contributed by atoms with Crippen LogP contribution in [0.3, 0.4) is 0 Å². The maximum atomic E-state index is 13.6. The Hall–Kier alpha value is -1.03. The standard InChI is InChI=1S/C14H17FO2S/c15-13-7-6-10(14(16)17)8-11(13)9-18-12-4-2-1-3-5-12/h6-8,12H,1-5,9H2,(H,16,17). The monoisotopic (exact) mass is 268 g/mol. The molecule has 1 aliphatic carbocycles. The summed E-state index contributed by atoms with van der Waals surface area (Å²) in [7, 11) is 0. The van der Waals surface area contributed by atoms with E-state index in [1.165, 1.54) is 50.3 Å². The van der Waals surface area contributed by atoms with Crippen LogP contribution in [0.2, 0.25) is 0 Å². The third-order valence-corrected chi connectivity index (χ3v) is 4.74. The van der Waals surface area contributed by atoms with Crippen molar-refractivity contribution < 1.29 is 14.3 Å². The van der Waals surface area contributed by atoms with Crippen LogP contribution in [0.4, 0.5) is 4.39 Å². The first-order chi connectivity index (χ1) is 8.66. The second kappa shape index (κ2) is 6.23. The summed E-state index contributed by atoms with van der Waals surface area (Å²) in [4.78, 5) is 10.8. The number of benzene rings is 1. The third-order valence-electron chi connectivity index (χ3n) is 3.32. The van der Waals surface area contributed by atoms with Crippen molar-refractivity contribution in [1.82, 2.24) is 0 Å². The van der Waals surface area contributed by atoms with E-state index < -0.39 is 5.97 Å².